The first-order chi connectivity index (χ1) is 12.8. The molecular weight excluding hydrogens is 392 g/mol. The number of carbonyl (C=O) groups is 3. The van der Waals surface area contributed by atoms with Crippen molar-refractivity contribution in [2.45, 2.75) is 0 Å². The molecule has 0 unspecified atom stereocenters. The molecule has 1 aliphatic rings. The van der Waals surface area contributed by atoms with Crippen molar-refractivity contribution in [1.82, 2.24) is 5.32 Å². The van der Waals surface area contributed by atoms with E-state index in [9.17, 15) is 14.4 Å². The Morgan fingerprint density at radius 1 is 1.04 bits per heavy atom. The first-order valence-corrected chi connectivity index (χ1v) is 8.68. The SMILES string of the molecule is O=C1NC(=Nc2cc(C(=O)O)cc(C(=O)O)c2)S/C1=C\c1ccc(Cl)cc1. The number of carboxylic acid groups (broad SMARTS) is 2. The summed E-state index contributed by atoms with van der Waals surface area (Å²) in [5, 5.41) is 21.6. The summed E-state index contributed by atoms with van der Waals surface area (Å²) in [7, 11) is 0. The van der Waals surface area contributed by atoms with E-state index in [1.54, 1.807) is 30.3 Å². The number of hydrogen-bond donors (Lipinski definition) is 3. The Balaban J connectivity index is 1.90. The molecule has 7 nitrogen and oxygen atoms in total. The standard InChI is InChI=1S/C18H11ClN2O5S/c19-12-3-1-9(2-4-12)5-14-15(22)21-18(27-14)20-13-7-10(16(23)24)6-11(8-13)17(25)26/h1-8H,(H,23,24)(H,25,26)(H,20,21,22)/b14-5-. The molecule has 0 saturated carbocycles. The highest BCUT2D eigenvalue weighted by atomic mass is 35.5. The third-order valence-corrected chi connectivity index (χ3v) is 4.62. The van der Waals surface area contributed by atoms with Crippen molar-refractivity contribution >= 4 is 58.1 Å². The van der Waals surface area contributed by atoms with Crippen LogP contribution in [0.3, 0.4) is 0 Å². The third-order valence-electron chi connectivity index (χ3n) is 3.46. The van der Waals surface area contributed by atoms with Gasteiger partial charge in [0.2, 0.25) is 0 Å². The molecule has 0 radical (unpaired) electrons. The zero-order valence-electron chi connectivity index (χ0n) is 13.5. The summed E-state index contributed by atoms with van der Waals surface area (Å²) in [4.78, 5) is 39.0. The van der Waals surface area contributed by atoms with Crippen molar-refractivity contribution in [3.8, 4) is 0 Å². The molecule has 27 heavy (non-hydrogen) atoms. The normalized spacial score (nSPS) is 16.6. The van der Waals surface area contributed by atoms with Crippen LogP contribution in [-0.2, 0) is 4.79 Å². The van der Waals surface area contributed by atoms with Crippen molar-refractivity contribution in [2.75, 3.05) is 0 Å². The highest BCUT2D eigenvalue weighted by Gasteiger charge is 2.24. The van der Waals surface area contributed by atoms with E-state index in [0.717, 1.165) is 23.4 Å². The van der Waals surface area contributed by atoms with Crippen molar-refractivity contribution in [3.63, 3.8) is 0 Å². The van der Waals surface area contributed by atoms with Crippen LogP contribution in [0.5, 0.6) is 0 Å². The predicted octanol–water partition coefficient (Wildman–Crippen LogP) is 3.63. The maximum Gasteiger partial charge on any atom is 0.335 e. The van der Waals surface area contributed by atoms with E-state index in [1.165, 1.54) is 12.1 Å². The van der Waals surface area contributed by atoms with Gasteiger partial charge in [-0.15, -0.1) is 0 Å². The minimum Gasteiger partial charge on any atom is -0.478 e. The molecule has 1 saturated heterocycles. The van der Waals surface area contributed by atoms with Crippen LogP contribution in [0.2, 0.25) is 5.02 Å². The number of aromatic carboxylic acids is 2. The van der Waals surface area contributed by atoms with Gasteiger partial charge in [0.05, 0.1) is 21.7 Å². The Morgan fingerprint density at radius 3 is 2.19 bits per heavy atom. The molecule has 1 aliphatic heterocycles. The summed E-state index contributed by atoms with van der Waals surface area (Å²) >= 11 is 6.90. The lowest BCUT2D eigenvalue weighted by Crippen LogP contribution is -2.19. The van der Waals surface area contributed by atoms with Crippen LogP contribution in [0.1, 0.15) is 26.3 Å². The smallest absolute Gasteiger partial charge is 0.335 e. The summed E-state index contributed by atoms with van der Waals surface area (Å²) < 4.78 is 0. The van der Waals surface area contributed by atoms with Crippen LogP contribution in [-0.4, -0.2) is 33.2 Å². The number of thioether (sulfide) groups is 1. The molecule has 0 spiro atoms. The molecule has 9 heteroatoms. The molecule has 3 N–H and O–H groups in total. The highest BCUT2D eigenvalue weighted by molar-refractivity contribution is 8.18. The molecule has 136 valence electrons. The van der Waals surface area contributed by atoms with E-state index in [-0.39, 0.29) is 27.9 Å². The minimum atomic E-state index is -1.27. The zero-order valence-corrected chi connectivity index (χ0v) is 15.0. The number of nitrogens with zero attached hydrogens (tertiary/aromatic N) is 1. The lowest BCUT2D eigenvalue weighted by molar-refractivity contribution is -0.115. The summed E-state index contributed by atoms with van der Waals surface area (Å²) in [5.41, 5.74) is 0.475. The number of amidine groups is 1. The number of aliphatic imine (C=N–C) groups is 1. The molecule has 0 aliphatic carbocycles. The van der Waals surface area contributed by atoms with E-state index in [0.29, 0.717) is 9.93 Å². The quantitative estimate of drug-likeness (QED) is 0.672. The Labute approximate surface area is 162 Å². The topological polar surface area (TPSA) is 116 Å². The molecule has 0 bridgehead atoms. The second kappa shape index (κ2) is 7.65. The Hall–Kier alpha value is -3.10. The number of carboxylic acids is 2. The van der Waals surface area contributed by atoms with Gasteiger partial charge < -0.3 is 15.5 Å². The second-order valence-electron chi connectivity index (χ2n) is 5.41. The van der Waals surface area contributed by atoms with Gasteiger partial charge in [-0.05, 0) is 53.7 Å². The molecule has 0 aromatic heterocycles. The van der Waals surface area contributed by atoms with Gasteiger partial charge in [0, 0.05) is 5.02 Å². The molecule has 1 amide bonds. The van der Waals surface area contributed by atoms with Gasteiger partial charge in [0.1, 0.15) is 0 Å². The fourth-order valence-corrected chi connectivity index (χ4v) is 3.20. The van der Waals surface area contributed by atoms with E-state index in [2.05, 4.69) is 10.3 Å². The maximum absolute atomic E-state index is 12.1. The Bertz CT molecular complexity index is 983. The number of hydrogen-bond acceptors (Lipinski definition) is 5. The Kier molecular flexibility index (Phi) is 5.29. The lowest BCUT2D eigenvalue weighted by atomic mass is 10.1. The van der Waals surface area contributed by atoms with Crippen LogP contribution in [0.15, 0.2) is 52.4 Å². The van der Waals surface area contributed by atoms with Crippen molar-refractivity contribution in [2.24, 2.45) is 4.99 Å². The van der Waals surface area contributed by atoms with Gasteiger partial charge in [-0.3, -0.25) is 4.79 Å². The lowest BCUT2D eigenvalue weighted by Gasteiger charge is -2.02. The zero-order chi connectivity index (χ0) is 19.6. The summed E-state index contributed by atoms with van der Waals surface area (Å²) in [6, 6.07) is 10.4. The second-order valence-corrected chi connectivity index (χ2v) is 6.88. The first kappa shape index (κ1) is 18.7. The predicted molar refractivity (Wildman–Crippen MR) is 103 cm³/mol. The number of rotatable bonds is 4. The number of nitrogens with one attached hydrogen (secondary N) is 1. The fraction of sp³-hybridized carbons (Fsp3) is 0. The highest BCUT2D eigenvalue weighted by Crippen LogP contribution is 2.29. The van der Waals surface area contributed by atoms with E-state index >= 15 is 0 Å². The summed E-state index contributed by atoms with van der Waals surface area (Å²) in [6.45, 7) is 0. The molecule has 0 atom stereocenters. The minimum absolute atomic E-state index is 0.114. The molecule has 3 rings (SSSR count). The van der Waals surface area contributed by atoms with Crippen LogP contribution >= 0.6 is 23.4 Å². The van der Waals surface area contributed by atoms with Crippen molar-refractivity contribution < 1.29 is 24.6 Å². The van der Waals surface area contributed by atoms with E-state index in [4.69, 9.17) is 21.8 Å². The van der Waals surface area contributed by atoms with Crippen LogP contribution in [0.25, 0.3) is 6.08 Å². The third kappa shape index (κ3) is 4.55. The van der Waals surface area contributed by atoms with Gasteiger partial charge in [-0.1, -0.05) is 23.7 Å². The molecule has 2 aromatic rings. The van der Waals surface area contributed by atoms with Crippen LogP contribution in [0.4, 0.5) is 5.69 Å². The van der Waals surface area contributed by atoms with E-state index < -0.39 is 11.9 Å². The van der Waals surface area contributed by atoms with Crippen molar-refractivity contribution in [3.05, 3.63) is 69.1 Å². The largest absolute Gasteiger partial charge is 0.478 e. The number of halogens is 1. The molecule has 1 heterocycles. The van der Waals surface area contributed by atoms with Gasteiger partial charge in [0.25, 0.3) is 5.91 Å². The average Bonchev–Trinajstić information content (AvgIpc) is 2.95. The first-order valence-electron chi connectivity index (χ1n) is 7.48. The maximum atomic E-state index is 12.1. The van der Waals surface area contributed by atoms with Crippen molar-refractivity contribution in [1.29, 1.82) is 0 Å². The molecule has 1 fully saturated rings. The number of benzene rings is 2. The van der Waals surface area contributed by atoms with E-state index in [1.807, 2.05) is 0 Å². The van der Waals surface area contributed by atoms with Gasteiger partial charge in [-0.2, -0.15) is 0 Å². The number of amides is 1. The number of carbonyl (C=O) groups excluding carboxylic acids is 1. The van der Waals surface area contributed by atoms with Crippen LogP contribution in [0, 0.1) is 0 Å². The van der Waals surface area contributed by atoms with Gasteiger partial charge >= 0.3 is 11.9 Å². The Morgan fingerprint density at radius 2 is 1.63 bits per heavy atom. The monoisotopic (exact) mass is 402 g/mol. The fourth-order valence-electron chi connectivity index (χ4n) is 2.23. The summed E-state index contributed by atoms with van der Waals surface area (Å²) in [6.07, 6.45) is 1.66. The average molecular weight is 403 g/mol. The van der Waals surface area contributed by atoms with Gasteiger partial charge in [-0.25, -0.2) is 14.6 Å². The summed E-state index contributed by atoms with van der Waals surface area (Å²) in [5.74, 6) is -2.90. The molecule has 2 aromatic carbocycles. The van der Waals surface area contributed by atoms with Crippen LogP contribution < -0.4 is 5.32 Å². The molecular formula is C18H11ClN2O5S. The van der Waals surface area contributed by atoms with Gasteiger partial charge in [0.15, 0.2) is 5.17 Å².